The molecule has 2 rings (SSSR count). The second-order valence-corrected chi connectivity index (χ2v) is 4.03. The summed E-state index contributed by atoms with van der Waals surface area (Å²) in [4.78, 5) is 11.2. The Morgan fingerprint density at radius 1 is 1.31 bits per heavy atom. The van der Waals surface area contributed by atoms with E-state index in [1.165, 1.54) is 0 Å². The van der Waals surface area contributed by atoms with Crippen molar-refractivity contribution in [1.29, 1.82) is 0 Å². The lowest BCUT2D eigenvalue weighted by atomic mass is 9.64. The fourth-order valence-corrected chi connectivity index (χ4v) is 2.11. The molecule has 1 aliphatic rings. The predicted molar refractivity (Wildman–Crippen MR) is 52.9 cm³/mol. The van der Waals surface area contributed by atoms with Gasteiger partial charge < -0.3 is 15.3 Å². The lowest BCUT2D eigenvalue weighted by molar-refractivity contribution is -0.147. The normalized spacial score (nSPS) is 17.8. The largest absolute Gasteiger partial charge is 0.504 e. The van der Waals surface area contributed by atoms with Gasteiger partial charge in [-0.15, -0.1) is 0 Å². The van der Waals surface area contributed by atoms with Crippen molar-refractivity contribution in [3.05, 3.63) is 23.5 Å². The average molecular weight is 226 g/mol. The number of phenolic OH excluding ortho intramolecular Hbond substituents is 2. The van der Waals surface area contributed by atoms with Gasteiger partial charge in [-0.25, -0.2) is 4.39 Å². The maximum absolute atomic E-state index is 13.6. The number of hydrogen-bond donors (Lipinski definition) is 3. The minimum Gasteiger partial charge on any atom is -0.504 e. The van der Waals surface area contributed by atoms with Gasteiger partial charge in [-0.2, -0.15) is 0 Å². The number of carboxylic acids is 1. The molecule has 1 aromatic rings. The lowest BCUT2D eigenvalue weighted by Crippen LogP contribution is -2.43. The first-order valence-corrected chi connectivity index (χ1v) is 4.93. The molecular formula is C11H11FO4. The summed E-state index contributed by atoms with van der Waals surface area (Å²) in [6.07, 6.45) is 1.22. The quantitative estimate of drug-likeness (QED) is 0.671. The molecule has 1 fully saturated rings. The Morgan fingerprint density at radius 3 is 2.38 bits per heavy atom. The van der Waals surface area contributed by atoms with E-state index in [0.29, 0.717) is 6.42 Å². The second kappa shape index (κ2) is 3.37. The first-order chi connectivity index (χ1) is 7.49. The molecule has 0 heterocycles. The fraction of sp³-hybridized carbons (Fsp3) is 0.364. The highest BCUT2D eigenvalue weighted by Crippen LogP contribution is 2.50. The first kappa shape index (κ1) is 10.7. The van der Waals surface area contributed by atoms with Gasteiger partial charge in [0.25, 0.3) is 0 Å². The van der Waals surface area contributed by atoms with Gasteiger partial charge in [-0.05, 0) is 25.0 Å². The lowest BCUT2D eigenvalue weighted by Gasteiger charge is -2.38. The molecule has 0 saturated heterocycles. The molecule has 0 radical (unpaired) electrons. The van der Waals surface area contributed by atoms with Crippen molar-refractivity contribution in [2.75, 3.05) is 0 Å². The van der Waals surface area contributed by atoms with Crippen molar-refractivity contribution in [3.63, 3.8) is 0 Å². The highest BCUT2D eigenvalue weighted by Gasteiger charge is 2.49. The Kier molecular flexibility index (Phi) is 2.26. The van der Waals surface area contributed by atoms with Crippen molar-refractivity contribution < 1.29 is 24.5 Å². The number of aliphatic carboxylic acids is 1. The van der Waals surface area contributed by atoms with E-state index in [0.717, 1.165) is 12.1 Å². The van der Waals surface area contributed by atoms with E-state index in [-0.39, 0.29) is 18.4 Å². The highest BCUT2D eigenvalue weighted by atomic mass is 19.1. The summed E-state index contributed by atoms with van der Waals surface area (Å²) < 4.78 is 13.6. The van der Waals surface area contributed by atoms with E-state index < -0.39 is 28.7 Å². The number of carboxylic acid groups (broad SMARTS) is 1. The maximum atomic E-state index is 13.6. The van der Waals surface area contributed by atoms with Crippen LogP contribution in [-0.2, 0) is 10.2 Å². The number of carbonyl (C=O) groups is 1. The van der Waals surface area contributed by atoms with Crippen molar-refractivity contribution >= 4 is 5.97 Å². The van der Waals surface area contributed by atoms with E-state index in [2.05, 4.69) is 0 Å². The van der Waals surface area contributed by atoms with E-state index in [1.807, 2.05) is 0 Å². The van der Waals surface area contributed by atoms with Crippen molar-refractivity contribution in [3.8, 4) is 11.5 Å². The molecule has 1 aliphatic carbocycles. The predicted octanol–water partition coefficient (Wildman–Crippen LogP) is 1.74. The Balaban J connectivity index is 2.63. The van der Waals surface area contributed by atoms with Gasteiger partial charge in [0.1, 0.15) is 5.82 Å². The molecular weight excluding hydrogens is 215 g/mol. The SMILES string of the molecule is O=C(O)C1(c2c(F)ccc(O)c2O)CCC1. The van der Waals surface area contributed by atoms with Crippen LogP contribution in [0.4, 0.5) is 4.39 Å². The first-order valence-electron chi connectivity index (χ1n) is 4.93. The van der Waals surface area contributed by atoms with E-state index in [4.69, 9.17) is 5.11 Å². The summed E-state index contributed by atoms with van der Waals surface area (Å²) in [6.45, 7) is 0. The Bertz CT molecular complexity index is 452. The van der Waals surface area contributed by atoms with Crippen LogP contribution in [0.2, 0.25) is 0 Å². The van der Waals surface area contributed by atoms with Crippen molar-refractivity contribution in [2.45, 2.75) is 24.7 Å². The van der Waals surface area contributed by atoms with Crippen LogP contribution in [0.15, 0.2) is 12.1 Å². The minimum absolute atomic E-state index is 0.274. The monoisotopic (exact) mass is 226 g/mol. The van der Waals surface area contributed by atoms with Crippen LogP contribution in [0.1, 0.15) is 24.8 Å². The molecule has 4 nitrogen and oxygen atoms in total. The second-order valence-electron chi connectivity index (χ2n) is 4.03. The van der Waals surface area contributed by atoms with Gasteiger partial charge in [0, 0.05) is 0 Å². The van der Waals surface area contributed by atoms with E-state index in [9.17, 15) is 19.4 Å². The maximum Gasteiger partial charge on any atom is 0.314 e. The molecule has 0 spiro atoms. The highest BCUT2D eigenvalue weighted by molar-refractivity contribution is 5.84. The Morgan fingerprint density at radius 2 is 1.94 bits per heavy atom. The summed E-state index contributed by atoms with van der Waals surface area (Å²) >= 11 is 0. The standard InChI is InChI=1S/C11H11FO4/c12-6-2-3-7(13)9(14)8(6)11(10(15)16)4-1-5-11/h2-3,13-14H,1,4-5H2,(H,15,16). The Labute approximate surface area is 91.0 Å². The van der Waals surface area contributed by atoms with E-state index in [1.54, 1.807) is 0 Å². The third-order valence-corrected chi connectivity index (χ3v) is 3.20. The number of hydrogen-bond acceptors (Lipinski definition) is 3. The molecule has 1 saturated carbocycles. The number of rotatable bonds is 2. The number of halogens is 1. The molecule has 16 heavy (non-hydrogen) atoms. The van der Waals surface area contributed by atoms with Crippen LogP contribution in [0.3, 0.4) is 0 Å². The van der Waals surface area contributed by atoms with Gasteiger partial charge in [-0.3, -0.25) is 4.79 Å². The van der Waals surface area contributed by atoms with Crippen LogP contribution < -0.4 is 0 Å². The van der Waals surface area contributed by atoms with Crippen molar-refractivity contribution in [2.24, 2.45) is 0 Å². The number of aromatic hydroxyl groups is 2. The smallest absolute Gasteiger partial charge is 0.314 e. The molecule has 0 bridgehead atoms. The van der Waals surface area contributed by atoms with Crippen LogP contribution in [-0.4, -0.2) is 21.3 Å². The zero-order valence-electron chi connectivity index (χ0n) is 8.40. The molecule has 0 unspecified atom stereocenters. The molecule has 5 heteroatoms. The average Bonchev–Trinajstić information content (AvgIpc) is 2.15. The molecule has 0 amide bonds. The van der Waals surface area contributed by atoms with E-state index >= 15 is 0 Å². The number of benzene rings is 1. The molecule has 0 atom stereocenters. The van der Waals surface area contributed by atoms with Crippen LogP contribution in [0.5, 0.6) is 11.5 Å². The molecule has 1 aromatic carbocycles. The van der Waals surface area contributed by atoms with Gasteiger partial charge in [0.2, 0.25) is 0 Å². The van der Waals surface area contributed by atoms with Gasteiger partial charge in [0.15, 0.2) is 11.5 Å². The summed E-state index contributed by atoms with van der Waals surface area (Å²) in [5.41, 5.74) is -1.68. The summed E-state index contributed by atoms with van der Waals surface area (Å²) in [7, 11) is 0. The van der Waals surface area contributed by atoms with Gasteiger partial charge >= 0.3 is 5.97 Å². The topological polar surface area (TPSA) is 77.8 Å². The molecule has 86 valence electrons. The summed E-state index contributed by atoms with van der Waals surface area (Å²) in [5, 5.41) is 28.0. The molecule has 3 N–H and O–H groups in total. The zero-order chi connectivity index (χ0) is 11.9. The molecule has 0 aromatic heterocycles. The fourth-order valence-electron chi connectivity index (χ4n) is 2.11. The van der Waals surface area contributed by atoms with Gasteiger partial charge in [-0.1, -0.05) is 6.42 Å². The van der Waals surface area contributed by atoms with Crippen molar-refractivity contribution in [1.82, 2.24) is 0 Å². The number of phenols is 2. The van der Waals surface area contributed by atoms with Crippen LogP contribution in [0.25, 0.3) is 0 Å². The van der Waals surface area contributed by atoms with Crippen LogP contribution >= 0.6 is 0 Å². The third-order valence-electron chi connectivity index (χ3n) is 3.20. The third kappa shape index (κ3) is 1.24. The summed E-state index contributed by atoms with van der Waals surface area (Å²) in [5.74, 6) is -3.12. The van der Waals surface area contributed by atoms with Gasteiger partial charge in [0.05, 0.1) is 11.0 Å². The minimum atomic E-state index is -1.38. The molecule has 0 aliphatic heterocycles. The summed E-state index contributed by atoms with van der Waals surface area (Å²) in [6, 6.07) is 1.97. The zero-order valence-corrected chi connectivity index (χ0v) is 8.40. The Hall–Kier alpha value is -1.78. The van der Waals surface area contributed by atoms with Crippen LogP contribution in [0, 0.1) is 5.82 Å².